The second kappa shape index (κ2) is 12.2. The first kappa shape index (κ1) is 25.2. The summed E-state index contributed by atoms with van der Waals surface area (Å²) in [6.07, 6.45) is 3.22. The molecule has 4 rings (SSSR count). The Morgan fingerprint density at radius 1 is 0.919 bits per heavy atom. The molecule has 37 heavy (non-hydrogen) atoms. The first-order valence-corrected chi connectivity index (χ1v) is 11.4. The van der Waals surface area contributed by atoms with Gasteiger partial charge in [-0.2, -0.15) is 0 Å². The standard InChI is InChI=1S/C28H24N4O5/c1-3-6-27(33)31-23-17-21-22(18-25(23)36-16-15-35-2)29-14-12-24(21)37-20-10-8-19(9-11-20)28(34)32-26-7-4-5-13-30-26/h4-5,7-14,17-18H,15-16H2,1-2H3,(H,31,33)(H,30,32,34). The van der Waals surface area contributed by atoms with Gasteiger partial charge in [-0.3, -0.25) is 14.6 Å². The molecule has 0 saturated carbocycles. The minimum atomic E-state index is -0.468. The number of carbonyl (C=O) groups is 2. The Bertz CT molecular complexity index is 1460. The summed E-state index contributed by atoms with van der Waals surface area (Å²) < 4.78 is 16.9. The number of nitrogens with one attached hydrogen (secondary N) is 2. The van der Waals surface area contributed by atoms with Gasteiger partial charge in [-0.15, -0.1) is 0 Å². The molecule has 9 heteroatoms. The third kappa shape index (κ3) is 6.60. The van der Waals surface area contributed by atoms with Crippen molar-refractivity contribution in [2.75, 3.05) is 31.0 Å². The predicted molar refractivity (Wildman–Crippen MR) is 140 cm³/mol. The quantitative estimate of drug-likeness (QED) is 0.256. The molecule has 0 atom stereocenters. The van der Waals surface area contributed by atoms with E-state index in [0.29, 0.717) is 58.4 Å². The van der Waals surface area contributed by atoms with Gasteiger partial charge in [0.25, 0.3) is 11.8 Å². The van der Waals surface area contributed by atoms with E-state index in [1.807, 2.05) is 0 Å². The van der Waals surface area contributed by atoms with Crippen LogP contribution in [0.1, 0.15) is 17.3 Å². The smallest absolute Gasteiger partial charge is 0.300 e. The molecule has 0 radical (unpaired) electrons. The van der Waals surface area contributed by atoms with Gasteiger partial charge in [0.15, 0.2) is 0 Å². The van der Waals surface area contributed by atoms with E-state index in [9.17, 15) is 9.59 Å². The molecule has 0 aliphatic rings. The second-order valence-electron chi connectivity index (χ2n) is 7.64. The number of hydrogen-bond acceptors (Lipinski definition) is 7. The lowest BCUT2D eigenvalue weighted by atomic mass is 10.1. The Morgan fingerprint density at radius 3 is 2.49 bits per heavy atom. The Morgan fingerprint density at radius 2 is 1.76 bits per heavy atom. The second-order valence-corrected chi connectivity index (χ2v) is 7.64. The van der Waals surface area contributed by atoms with Gasteiger partial charge < -0.3 is 24.8 Å². The van der Waals surface area contributed by atoms with Gasteiger partial charge in [-0.05, 0) is 61.4 Å². The van der Waals surface area contributed by atoms with Crippen molar-refractivity contribution in [2.45, 2.75) is 6.92 Å². The summed E-state index contributed by atoms with van der Waals surface area (Å²) in [6.45, 7) is 2.26. The number of amides is 2. The minimum Gasteiger partial charge on any atom is -0.489 e. The highest BCUT2D eigenvalue weighted by molar-refractivity contribution is 6.06. The molecule has 2 aromatic carbocycles. The average Bonchev–Trinajstić information content (AvgIpc) is 2.90. The molecule has 0 aliphatic heterocycles. The zero-order valence-corrected chi connectivity index (χ0v) is 20.3. The normalized spacial score (nSPS) is 10.2. The average molecular weight is 497 g/mol. The Hall–Kier alpha value is -4.94. The monoisotopic (exact) mass is 496 g/mol. The zero-order valence-electron chi connectivity index (χ0n) is 20.3. The molecule has 0 unspecified atom stereocenters. The maximum atomic E-state index is 12.5. The van der Waals surface area contributed by atoms with Crippen molar-refractivity contribution in [3.05, 3.63) is 78.6 Å². The molecule has 0 fully saturated rings. The van der Waals surface area contributed by atoms with Crippen molar-refractivity contribution < 1.29 is 23.8 Å². The summed E-state index contributed by atoms with van der Waals surface area (Å²) in [5, 5.41) is 6.14. The van der Waals surface area contributed by atoms with Crippen LogP contribution in [-0.4, -0.2) is 42.1 Å². The number of ether oxygens (including phenoxy) is 3. The summed E-state index contributed by atoms with van der Waals surface area (Å²) in [6, 6.07) is 17.2. The number of carbonyl (C=O) groups excluding carboxylic acids is 2. The van der Waals surface area contributed by atoms with Gasteiger partial charge in [-0.1, -0.05) is 12.0 Å². The van der Waals surface area contributed by atoms with Gasteiger partial charge in [0.2, 0.25) is 0 Å². The van der Waals surface area contributed by atoms with Crippen LogP contribution in [0.4, 0.5) is 11.5 Å². The molecular weight excluding hydrogens is 472 g/mol. The van der Waals surface area contributed by atoms with E-state index in [1.165, 1.54) is 0 Å². The van der Waals surface area contributed by atoms with Gasteiger partial charge in [0.1, 0.15) is 29.7 Å². The number of hydrogen-bond donors (Lipinski definition) is 2. The SMILES string of the molecule is CC#CC(=O)Nc1cc2c(Oc3ccc(C(=O)Nc4ccccn4)cc3)ccnc2cc1OCCOC. The topological polar surface area (TPSA) is 112 Å². The highest BCUT2D eigenvalue weighted by Crippen LogP contribution is 2.36. The number of fused-ring (bicyclic) bond motifs is 1. The lowest BCUT2D eigenvalue weighted by Crippen LogP contribution is -2.12. The van der Waals surface area contributed by atoms with Crippen LogP contribution in [0.25, 0.3) is 10.9 Å². The van der Waals surface area contributed by atoms with E-state index in [4.69, 9.17) is 14.2 Å². The molecular formula is C28H24N4O5. The molecule has 2 amide bonds. The number of nitrogens with zero attached hydrogens (tertiary/aromatic N) is 2. The van der Waals surface area contributed by atoms with Crippen molar-refractivity contribution in [3.8, 4) is 29.1 Å². The predicted octanol–water partition coefficient (Wildman–Crippen LogP) is 4.66. The summed E-state index contributed by atoms with van der Waals surface area (Å²) in [5.41, 5.74) is 1.49. The van der Waals surface area contributed by atoms with Crippen LogP contribution in [0.15, 0.2) is 73.1 Å². The maximum Gasteiger partial charge on any atom is 0.300 e. The molecule has 4 aromatic rings. The molecule has 0 aliphatic carbocycles. The summed E-state index contributed by atoms with van der Waals surface area (Å²) in [4.78, 5) is 33.2. The minimum absolute atomic E-state index is 0.281. The van der Waals surface area contributed by atoms with Crippen LogP contribution in [0.2, 0.25) is 0 Å². The lowest BCUT2D eigenvalue weighted by Gasteiger charge is -2.15. The highest BCUT2D eigenvalue weighted by atomic mass is 16.5. The van der Waals surface area contributed by atoms with Crippen LogP contribution in [-0.2, 0) is 9.53 Å². The molecule has 0 saturated heterocycles. The number of aromatic nitrogens is 2. The number of anilines is 2. The van der Waals surface area contributed by atoms with E-state index in [0.717, 1.165) is 0 Å². The molecule has 9 nitrogen and oxygen atoms in total. The van der Waals surface area contributed by atoms with Gasteiger partial charge in [-0.25, -0.2) is 4.98 Å². The van der Waals surface area contributed by atoms with Crippen LogP contribution in [0, 0.1) is 11.8 Å². The molecule has 0 spiro atoms. The van der Waals surface area contributed by atoms with Crippen molar-refractivity contribution in [2.24, 2.45) is 0 Å². The molecule has 0 bridgehead atoms. The Balaban J connectivity index is 1.58. The van der Waals surface area contributed by atoms with Gasteiger partial charge in [0.05, 0.1) is 17.8 Å². The van der Waals surface area contributed by atoms with E-state index >= 15 is 0 Å². The van der Waals surface area contributed by atoms with Gasteiger partial charge >= 0.3 is 0 Å². The Labute approximate surface area is 213 Å². The number of pyridine rings is 2. The molecule has 2 heterocycles. The van der Waals surface area contributed by atoms with E-state index in [1.54, 1.807) is 87.1 Å². The number of benzene rings is 2. The van der Waals surface area contributed by atoms with E-state index in [2.05, 4.69) is 32.4 Å². The fourth-order valence-corrected chi connectivity index (χ4v) is 3.38. The van der Waals surface area contributed by atoms with Crippen LogP contribution >= 0.6 is 0 Å². The molecule has 186 valence electrons. The maximum absolute atomic E-state index is 12.5. The molecule has 2 N–H and O–H groups in total. The van der Waals surface area contributed by atoms with Gasteiger partial charge in [0, 0.05) is 36.5 Å². The van der Waals surface area contributed by atoms with Crippen LogP contribution in [0.5, 0.6) is 17.2 Å². The molecule has 2 aromatic heterocycles. The fourth-order valence-electron chi connectivity index (χ4n) is 3.38. The van der Waals surface area contributed by atoms with E-state index in [-0.39, 0.29) is 5.91 Å². The third-order valence-electron chi connectivity index (χ3n) is 5.09. The van der Waals surface area contributed by atoms with Crippen molar-refractivity contribution in [1.82, 2.24) is 9.97 Å². The first-order chi connectivity index (χ1) is 18.1. The summed E-state index contributed by atoms with van der Waals surface area (Å²) in [5.74, 6) is 6.21. The third-order valence-corrected chi connectivity index (χ3v) is 5.09. The first-order valence-electron chi connectivity index (χ1n) is 11.4. The van der Waals surface area contributed by atoms with Crippen LogP contribution in [0.3, 0.4) is 0 Å². The van der Waals surface area contributed by atoms with Crippen LogP contribution < -0.4 is 20.1 Å². The van der Waals surface area contributed by atoms with Crippen molar-refractivity contribution >= 4 is 34.2 Å². The number of rotatable bonds is 9. The van der Waals surface area contributed by atoms with Crippen molar-refractivity contribution in [3.63, 3.8) is 0 Å². The zero-order chi connectivity index (χ0) is 26.0. The number of methoxy groups -OCH3 is 1. The highest BCUT2D eigenvalue weighted by Gasteiger charge is 2.14. The summed E-state index contributed by atoms with van der Waals surface area (Å²) >= 11 is 0. The summed E-state index contributed by atoms with van der Waals surface area (Å²) in [7, 11) is 1.58. The van der Waals surface area contributed by atoms with Crippen molar-refractivity contribution in [1.29, 1.82) is 0 Å². The lowest BCUT2D eigenvalue weighted by molar-refractivity contribution is -0.111. The largest absolute Gasteiger partial charge is 0.489 e. The fraction of sp³-hybridized carbons (Fsp3) is 0.143. The Kier molecular flexibility index (Phi) is 8.26. The van der Waals surface area contributed by atoms with E-state index < -0.39 is 5.91 Å².